The Bertz CT molecular complexity index is 901. The number of fused-ring (bicyclic) bond motifs is 1. The molecular formula is C17H17FN2O4S. The van der Waals surface area contributed by atoms with E-state index in [0.717, 1.165) is 10.6 Å². The van der Waals surface area contributed by atoms with Crippen molar-refractivity contribution in [3.05, 3.63) is 59.9 Å². The molecule has 1 heterocycles. The highest BCUT2D eigenvalue weighted by molar-refractivity contribution is 7.92. The van der Waals surface area contributed by atoms with Crippen molar-refractivity contribution < 1.29 is 22.3 Å². The number of benzene rings is 2. The number of ether oxygens (including phenoxy) is 1. The zero-order valence-corrected chi connectivity index (χ0v) is 14.3. The normalized spacial score (nSPS) is 16.7. The molecule has 25 heavy (non-hydrogen) atoms. The Morgan fingerprint density at radius 2 is 1.92 bits per heavy atom. The van der Waals surface area contributed by atoms with Crippen molar-refractivity contribution in [2.24, 2.45) is 0 Å². The quantitative estimate of drug-likeness (QED) is 0.895. The molecule has 0 aliphatic carbocycles. The standard InChI is InChI=1S/C17H17FN2O4S/c1-25(22,23)20-11-16(24-15-9-5-4-8-14(15)20)17(21)19-10-12-6-2-3-7-13(12)18/h2-9,16H,10-11H2,1H3,(H,19,21). The van der Waals surface area contributed by atoms with Gasteiger partial charge in [0, 0.05) is 12.1 Å². The molecule has 2 aromatic rings. The average molecular weight is 364 g/mol. The molecule has 8 heteroatoms. The third-order valence-electron chi connectivity index (χ3n) is 3.84. The van der Waals surface area contributed by atoms with Crippen molar-refractivity contribution in [1.29, 1.82) is 0 Å². The van der Waals surface area contributed by atoms with Crippen LogP contribution < -0.4 is 14.4 Å². The maximum atomic E-state index is 13.6. The lowest BCUT2D eigenvalue weighted by atomic mass is 10.2. The zero-order valence-electron chi connectivity index (χ0n) is 13.5. The second-order valence-electron chi connectivity index (χ2n) is 5.68. The molecular weight excluding hydrogens is 347 g/mol. The molecule has 1 aliphatic heterocycles. The molecule has 0 saturated carbocycles. The summed E-state index contributed by atoms with van der Waals surface area (Å²) in [5, 5.41) is 2.59. The van der Waals surface area contributed by atoms with E-state index in [1.54, 1.807) is 42.5 Å². The van der Waals surface area contributed by atoms with Gasteiger partial charge in [0.25, 0.3) is 5.91 Å². The molecule has 1 atom stereocenters. The summed E-state index contributed by atoms with van der Waals surface area (Å²) in [7, 11) is -3.57. The van der Waals surface area contributed by atoms with E-state index < -0.39 is 27.9 Å². The summed E-state index contributed by atoms with van der Waals surface area (Å²) < 4.78 is 44.5. The molecule has 0 radical (unpaired) electrons. The Kier molecular flexibility index (Phi) is 4.63. The number of hydrogen-bond acceptors (Lipinski definition) is 4. The number of carbonyl (C=O) groups excluding carboxylic acids is 1. The summed E-state index contributed by atoms with van der Waals surface area (Å²) >= 11 is 0. The topological polar surface area (TPSA) is 75.7 Å². The van der Waals surface area contributed by atoms with Crippen LogP contribution in [-0.4, -0.2) is 33.2 Å². The van der Waals surface area contributed by atoms with Crippen LogP contribution in [0.25, 0.3) is 0 Å². The van der Waals surface area contributed by atoms with E-state index in [2.05, 4.69) is 5.32 Å². The fraction of sp³-hybridized carbons (Fsp3) is 0.235. The molecule has 1 N–H and O–H groups in total. The fourth-order valence-corrected chi connectivity index (χ4v) is 3.51. The Balaban J connectivity index is 1.77. The molecule has 132 valence electrons. The van der Waals surface area contributed by atoms with Crippen molar-refractivity contribution in [3.63, 3.8) is 0 Å². The van der Waals surface area contributed by atoms with Gasteiger partial charge in [-0.05, 0) is 18.2 Å². The summed E-state index contributed by atoms with van der Waals surface area (Å²) in [4.78, 5) is 12.4. The summed E-state index contributed by atoms with van der Waals surface area (Å²) in [6.07, 6.45) is 0.0556. The maximum Gasteiger partial charge on any atom is 0.263 e. The van der Waals surface area contributed by atoms with Gasteiger partial charge < -0.3 is 10.1 Å². The number of halogens is 1. The second-order valence-corrected chi connectivity index (χ2v) is 7.58. The highest BCUT2D eigenvalue weighted by Crippen LogP contribution is 2.34. The summed E-state index contributed by atoms with van der Waals surface area (Å²) in [5.41, 5.74) is 0.732. The van der Waals surface area contributed by atoms with E-state index in [9.17, 15) is 17.6 Å². The lowest BCUT2D eigenvalue weighted by Gasteiger charge is -2.33. The lowest BCUT2D eigenvalue weighted by Crippen LogP contribution is -2.50. The van der Waals surface area contributed by atoms with E-state index in [4.69, 9.17) is 4.74 Å². The highest BCUT2D eigenvalue weighted by atomic mass is 32.2. The predicted octanol–water partition coefficient (Wildman–Crippen LogP) is 1.67. The van der Waals surface area contributed by atoms with Crippen LogP contribution in [0.1, 0.15) is 5.56 Å². The number of nitrogens with zero attached hydrogens (tertiary/aromatic N) is 1. The number of nitrogens with one attached hydrogen (secondary N) is 1. The number of sulfonamides is 1. The SMILES string of the molecule is CS(=O)(=O)N1CC(C(=O)NCc2ccccc2F)Oc2ccccc21. The molecule has 1 amide bonds. The number of amides is 1. The van der Waals surface area contributed by atoms with Gasteiger partial charge >= 0.3 is 0 Å². The second kappa shape index (κ2) is 6.72. The van der Waals surface area contributed by atoms with Crippen molar-refractivity contribution in [3.8, 4) is 5.75 Å². The van der Waals surface area contributed by atoms with Crippen LogP contribution in [0.15, 0.2) is 48.5 Å². The number of para-hydroxylation sites is 2. The zero-order chi connectivity index (χ0) is 18.0. The first-order valence-corrected chi connectivity index (χ1v) is 9.45. The summed E-state index contributed by atoms with van der Waals surface area (Å²) in [6.45, 7) is -0.148. The van der Waals surface area contributed by atoms with Gasteiger partial charge in [0.15, 0.2) is 6.10 Å². The predicted molar refractivity (Wildman–Crippen MR) is 91.3 cm³/mol. The van der Waals surface area contributed by atoms with E-state index >= 15 is 0 Å². The van der Waals surface area contributed by atoms with Crippen molar-refractivity contribution in [1.82, 2.24) is 5.32 Å². The van der Waals surface area contributed by atoms with Gasteiger partial charge in [-0.1, -0.05) is 30.3 Å². The van der Waals surface area contributed by atoms with Gasteiger partial charge in [-0.2, -0.15) is 0 Å². The van der Waals surface area contributed by atoms with Gasteiger partial charge in [-0.3, -0.25) is 9.10 Å². The molecule has 3 rings (SSSR count). The molecule has 0 spiro atoms. The Morgan fingerprint density at radius 3 is 2.64 bits per heavy atom. The molecule has 1 unspecified atom stereocenters. The Labute approximate surface area is 145 Å². The van der Waals surface area contributed by atoms with Crippen LogP contribution in [0.5, 0.6) is 5.75 Å². The molecule has 2 aromatic carbocycles. The van der Waals surface area contributed by atoms with Crippen molar-refractivity contribution >= 4 is 21.6 Å². The molecule has 6 nitrogen and oxygen atoms in total. The lowest BCUT2D eigenvalue weighted by molar-refractivity contribution is -0.127. The van der Waals surface area contributed by atoms with Gasteiger partial charge in [0.1, 0.15) is 11.6 Å². The van der Waals surface area contributed by atoms with Gasteiger partial charge in [0.05, 0.1) is 18.5 Å². The van der Waals surface area contributed by atoms with Gasteiger partial charge in [-0.25, -0.2) is 12.8 Å². The van der Waals surface area contributed by atoms with Crippen molar-refractivity contribution in [2.45, 2.75) is 12.6 Å². The molecule has 0 saturated heterocycles. The largest absolute Gasteiger partial charge is 0.476 e. The van der Waals surface area contributed by atoms with Crippen LogP contribution >= 0.6 is 0 Å². The minimum atomic E-state index is -3.57. The van der Waals surface area contributed by atoms with E-state index in [1.165, 1.54) is 6.07 Å². The highest BCUT2D eigenvalue weighted by Gasteiger charge is 2.34. The summed E-state index contributed by atoms with van der Waals surface area (Å²) in [6, 6.07) is 12.7. The number of rotatable bonds is 4. The van der Waals surface area contributed by atoms with Crippen LogP contribution in [0.3, 0.4) is 0 Å². The number of carbonyl (C=O) groups is 1. The summed E-state index contributed by atoms with van der Waals surface area (Å²) in [5.74, 6) is -0.618. The van der Waals surface area contributed by atoms with E-state index in [0.29, 0.717) is 17.0 Å². The maximum absolute atomic E-state index is 13.6. The monoisotopic (exact) mass is 364 g/mol. The third-order valence-corrected chi connectivity index (χ3v) is 4.98. The van der Waals surface area contributed by atoms with Gasteiger partial charge in [-0.15, -0.1) is 0 Å². The number of hydrogen-bond donors (Lipinski definition) is 1. The Hall–Kier alpha value is -2.61. The third kappa shape index (κ3) is 3.74. The van der Waals surface area contributed by atoms with Crippen LogP contribution in [0.4, 0.5) is 10.1 Å². The minimum absolute atomic E-state index is 0.00805. The van der Waals surface area contributed by atoms with Gasteiger partial charge in [0.2, 0.25) is 10.0 Å². The number of anilines is 1. The average Bonchev–Trinajstić information content (AvgIpc) is 2.59. The van der Waals surface area contributed by atoms with Crippen molar-refractivity contribution in [2.75, 3.05) is 17.1 Å². The van der Waals surface area contributed by atoms with E-state index in [-0.39, 0.29) is 13.1 Å². The molecule has 0 aromatic heterocycles. The minimum Gasteiger partial charge on any atom is -0.476 e. The van der Waals surface area contributed by atoms with Crippen LogP contribution in [0, 0.1) is 5.82 Å². The molecule has 1 aliphatic rings. The first-order valence-electron chi connectivity index (χ1n) is 7.61. The fourth-order valence-electron chi connectivity index (χ4n) is 2.59. The smallest absolute Gasteiger partial charge is 0.263 e. The molecule has 0 bridgehead atoms. The Morgan fingerprint density at radius 1 is 1.24 bits per heavy atom. The van der Waals surface area contributed by atoms with Crippen LogP contribution in [0.2, 0.25) is 0 Å². The molecule has 0 fully saturated rings. The first kappa shape index (κ1) is 17.2. The van der Waals surface area contributed by atoms with Crippen LogP contribution in [-0.2, 0) is 21.4 Å². The van der Waals surface area contributed by atoms with E-state index in [1.807, 2.05) is 0 Å². The first-order chi connectivity index (χ1) is 11.9.